The zero-order valence-electron chi connectivity index (χ0n) is 16.0. The van der Waals surface area contributed by atoms with E-state index < -0.39 is 6.04 Å². The van der Waals surface area contributed by atoms with Gasteiger partial charge in [0, 0.05) is 5.70 Å². The van der Waals surface area contributed by atoms with E-state index in [1.807, 2.05) is 6.92 Å². The highest BCUT2D eigenvalue weighted by atomic mass is 16.5. The average Bonchev–Trinajstić information content (AvgIpc) is 3.16. The first-order valence-electron chi connectivity index (χ1n) is 9.53. The van der Waals surface area contributed by atoms with Crippen LogP contribution in [0.15, 0.2) is 35.8 Å². The van der Waals surface area contributed by atoms with E-state index >= 15 is 0 Å². The second-order valence-electron chi connectivity index (χ2n) is 7.19. The minimum atomic E-state index is -0.524. The van der Waals surface area contributed by atoms with Crippen LogP contribution in [-0.4, -0.2) is 39.1 Å². The molecule has 2 N–H and O–H groups in total. The first kappa shape index (κ1) is 18.3. The van der Waals surface area contributed by atoms with Crippen LogP contribution in [0.4, 0.5) is 5.95 Å². The van der Waals surface area contributed by atoms with Crippen molar-refractivity contribution in [2.75, 3.05) is 12.4 Å². The number of hydrogen-bond acceptors (Lipinski definition) is 7. The number of hydrogen-bond donors (Lipinski definition) is 2. The van der Waals surface area contributed by atoms with Gasteiger partial charge in [0.15, 0.2) is 11.5 Å². The second-order valence-corrected chi connectivity index (χ2v) is 7.19. The number of anilines is 1. The number of nitrogens with zero attached hydrogens (tertiary/aromatic N) is 3. The van der Waals surface area contributed by atoms with Crippen molar-refractivity contribution in [1.82, 2.24) is 14.8 Å². The van der Waals surface area contributed by atoms with Crippen LogP contribution < -0.4 is 10.1 Å². The van der Waals surface area contributed by atoms with Gasteiger partial charge >= 0.3 is 5.97 Å². The molecule has 8 heteroatoms. The van der Waals surface area contributed by atoms with Gasteiger partial charge in [-0.2, -0.15) is 10.1 Å². The van der Waals surface area contributed by atoms with Gasteiger partial charge in [-0.15, -0.1) is 0 Å². The van der Waals surface area contributed by atoms with Crippen LogP contribution in [-0.2, 0) is 9.53 Å². The molecule has 1 fully saturated rings. The summed E-state index contributed by atoms with van der Waals surface area (Å²) in [6.07, 6.45) is 6.55. The molecule has 2 aliphatic rings. The highest BCUT2D eigenvalue weighted by molar-refractivity contribution is 5.92. The summed E-state index contributed by atoms with van der Waals surface area (Å²) in [4.78, 5) is 17.4. The van der Waals surface area contributed by atoms with Gasteiger partial charge in [-0.25, -0.2) is 9.48 Å². The molecule has 2 aromatic rings. The van der Waals surface area contributed by atoms with Gasteiger partial charge in [-0.05, 0) is 50.3 Å². The largest absolute Gasteiger partial charge is 0.504 e. The zero-order chi connectivity index (χ0) is 19.7. The Bertz CT molecular complexity index is 915. The Balaban J connectivity index is 1.73. The molecule has 2 heterocycles. The Hall–Kier alpha value is -3.03. The molecule has 0 bridgehead atoms. The Morgan fingerprint density at radius 3 is 2.82 bits per heavy atom. The van der Waals surface area contributed by atoms with Crippen molar-refractivity contribution in [3.63, 3.8) is 0 Å². The van der Waals surface area contributed by atoms with Crippen molar-refractivity contribution < 1.29 is 19.4 Å². The molecule has 1 saturated carbocycles. The molecule has 0 saturated heterocycles. The topological polar surface area (TPSA) is 98.5 Å². The van der Waals surface area contributed by atoms with Gasteiger partial charge in [-0.1, -0.05) is 12.5 Å². The summed E-state index contributed by atoms with van der Waals surface area (Å²) < 4.78 is 12.7. The van der Waals surface area contributed by atoms with E-state index in [0.29, 0.717) is 23.0 Å². The van der Waals surface area contributed by atoms with E-state index in [9.17, 15) is 9.90 Å². The van der Waals surface area contributed by atoms with Crippen molar-refractivity contribution in [3.8, 4) is 11.5 Å². The number of rotatable bonds is 4. The molecule has 0 spiro atoms. The molecule has 0 amide bonds. The fourth-order valence-electron chi connectivity index (χ4n) is 3.93. The highest BCUT2D eigenvalue weighted by Crippen LogP contribution is 2.38. The van der Waals surface area contributed by atoms with E-state index in [4.69, 9.17) is 9.47 Å². The maximum atomic E-state index is 13.2. The van der Waals surface area contributed by atoms with Crippen LogP contribution in [0.25, 0.3) is 0 Å². The molecule has 4 rings (SSSR count). The summed E-state index contributed by atoms with van der Waals surface area (Å²) in [5.74, 6) is 0.556. The van der Waals surface area contributed by atoms with E-state index in [2.05, 4.69) is 15.4 Å². The first-order valence-corrected chi connectivity index (χ1v) is 9.53. The number of aromatic nitrogens is 3. The Morgan fingerprint density at radius 1 is 1.29 bits per heavy atom. The second kappa shape index (κ2) is 7.53. The lowest BCUT2D eigenvalue weighted by molar-refractivity contribution is -0.146. The highest BCUT2D eigenvalue weighted by Gasteiger charge is 2.35. The van der Waals surface area contributed by atoms with Crippen molar-refractivity contribution in [3.05, 3.63) is 41.4 Å². The number of carbonyl (C=O) groups is 1. The van der Waals surface area contributed by atoms with E-state index in [1.54, 1.807) is 22.9 Å². The smallest absolute Gasteiger partial charge is 0.338 e. The standard InChI is InChI=1S/C20H24N4O4/c1-12-17(19(26)28-14-6-4-3-5-7-14)18(24-20(23-12)21-11-22-24)13-8-9-15(25)16(10-13)27-2/h8-11,14,18,25H,3-7H2,1-2H3,(H,21,22,23). The Morgan fingerprint density at radius 2 is 2.07 bits per heavy atom. The minimum absolute atomic E-state index is 0.0334. The van der Waals surface area contributed by atoms with Gasteiger partial charge in [0.1, 0.15) is 18.5 Å². The molecule has 1 unspecified atom stereocenters. The van der Waals surface area contributed by atoms with Crippen molar-refractivity contribution in [1.29, 1.82) is 0 Å². The monoisotopic (exact) mass is 384 g/mol. The van der Waals surface area contributed by atoms with Crippen LogP contribution in [0.3, 0.4) is 0 Å². The molecule has 1 aliphatic heterocycles. The molecule has 8 nitrogen and oxygen atoms in total. The number of fused-ring (bicyclic) bond motifs is 1. The number of aromatic hydroxyl groups is 1. The lowest BCUT2D eigenvalue weighted by Gasteiger charge is -2.30. The predicted octanol–water partition coefficient (Wildman–Crippen LogP) is 3.16. The van der Waals surface area contributed by atoms with Crippen LogP contribution >= 0.6 is 0 Å². The summed E-state index contributed by atoms with van der Waals surface area (Å²) in [6, 6.07) is 4.48. The van der Waals surface area contributed by atoms with Gasteiger partial charge < -0.3 is 19.9 Å². The number of phenolic OH excluding ortho intramolecular Hbond substituents is 1. The third kappa shape index (κ3) is 3.30. The summed E-state index contributed by atoms with van der Waals surface area (Å²) >= 11 is 0. The van der Waals surface area contributed by atoms with Gasteiger partial charge in [0.05, 0.1) is 12.7 Å². The minimum Gasteiger partial charge on any atom is -0.504 e. The molecule has 1 atom stereocenters. The molecule has 1 aromatic carbocycles. The Labute approximate surface area is 163 Å². The SMILES string of the molecule is COc1cc(C2C(C(=O)OC3CCCCC3)=C(C)Nc3ncnn32)ccc1O. The molecule has 148 valence electrons. The average molecular weight is 384 g/mol. The quantitative estimate of drug-likeness (QED) is 0.781. The summed E-state index contributed by atoms with van der Waals surface area (Å²) in [7, 11) is 1.49. The molecule has 28 heavy (non-hydrogen) atoms. The van der Waals surface area contributed by atoms with Crippen LogP contribution in [0.2, 0.25) is 0 Å². The van der Waals surface area contributed by atoms with E-state index in [0.717, 1.165) is 31.2 Å². The van der Waals surface area contributed by atoms with Crippen molar-refractivity contribution in [2.24, 2.45) is 0 Å². The first-order chi connectivity index (χ1) is 13.6. The summed E-state index contributed by atoms with van der Waals surface area (Å²) in [5, 5.41) is 17.4. The fraction of sp³-hybridized carbons (Fsp3) is 0.450. The van der Waals surface area contributed by atoms with Gasteiger partial charge in [-0.3, -0.25) is 0 Å². The number of benzene rings is 1. The number of methoxy groups -OCH3 is 1. The fourth-order valence-corrected chi connectivity index (χ4v) is 3.93. The van der Waals surface area contributed by atoms with Crippen LogP contribution in [0, 0.1) is 0 Å². The summed E-state index contributed by atoms with van der Waals surface area (Å²) in [5.41, 5.74) is 1.91. The molecular weight excluding hydrogens is 360 g/mol. The van der Waals surface area contributed by atoms with Crippen LogP contribution in [0.5, 0.6) is 11.5 Å². The van der Waals surface area contributed by atoms with Gasteiger partial charge in [0.2, 0.25) is 5.95 Å². The number of allylic oxidation sites excluding steroid dienone is 1. The van der Waals surface area contributed by atoms with Crippen LogP contribution in [0.1, 0.15) is 50.6 Å². The van der Waals surface area contributed by atoms with Crippen molar-refractivity contribution in [2.45, 2.75) is 51.2 Å². The number of esters is 1. The summed E-state index contributed by atoms with van der Waals surface area (Å²) in [6.45, 7) is 1.83. The third-order valence-electron chi connectivity index (χ3n) is 5.36. The molecule has 1 aliphatic carbocycles. The lowest BCUT2D eigenvalue weighted by Crippen LogP contribution is -2.32. The molecule has 0 radical (unpaired) electrons. The normalized spacial score (nSPS) is 19.7. The van der Waals surface area contributed by atoms with Crippen molar-refractivity contribution >= 4 is 11.9 Å². The maximum absolute atomic E-state index is 13.2. The molecule has 1 aromatic heterocycles. The number of carbonyl (C=O) groups excluding carboxylic acids is 1. The molecular formula is C20H24N4O4. The Kier molecular flexibility index (Phi) is 4.93. The zero-order valence-corrected chi connectivity index (χ0v) is 16.0. The number of phenols is 1. The predicted molar refractivity (Wildman–Crippen MR) is 102 cm³/mol. The maximum Gasteiger partial charge on any atom is 0.338 e. The number of ether oxygens (including phenoxy) is 2. The third-order valence-corrected chi connectivity index (χ3v) is 5.36. The van der Waals surface area contributed by atoms with E-state index in [-0.39, 0.29) is 17.8 Å². The van der Waals surface area contributed by atoms with Gasteiger partial charge in [0.25, 0.3) is 0 Å². The lowest BCUT2D eigenvalue weighted by atomic mass is 9.94. The number of nitrogens with one attached hydrogen (secondary N) is 1. The van der Waals surface area contributed by atoms with E-state index in [1.165, 1.54) is 19.9 Å².